The van der Waals surface area contributed by atoms with Gasteiger partial charge in [-0.05, 0) is 49.7 Å². The molecule has 0 spiro atoms. The fourth-order valence-electron chi connectivity index (χ4n) is 2.86. The summed E-state index contributed by atoms with van der Waals surface area (Å²) in [5, 5.41) is 10.3. The highest BCUT2D eigenvalue weighted by atomic mass is 35.5. The fraction of sp³-hybridized carbons (Fsp3) is 0.333. The summed E-state index contributed by atoms with van der Waals surface area (Å²) in [6.45, 7) is 6.38. The predicted octanol–water partition coefficient (Wildman–Crippen LogP) is 3.76. The number of nitrogens with zero attached hydrogens (tertiary/aromatic N) is 1. The van der Waals surface area contributed by atoms with Crippen LogP contribution >= 0.6 is 23.2 Å². The average Bonchev–Trinajstić information content (AvgIpc) is 3.21. The van der Waals surface area contributed by atoms with E-state index in [4.69, 9.17) is 27.9 Å². The smallest absolute Gasteiger partial charge is 0.251 e. The molecule has 3 rings (SSSR count). The Balaban J connectivity index is 1.70. The minimum atomic E-state index is -0.176. The van der Waals surface area contributed by atoms with Crippen LogP contribution in [-0.2, 0) is 13.1 Å². The first-order chi connectivity index (χ1) is 13.9. The van der Waals surface area contributed by atoms with E-state index in [1.54, 1.807) is 18.2 Å². The molecule has 29 heavy (non-hydrogen) atoms. The van der Waals surface area contributed by atoms with Gasteiger partial charge in [0.25, 0.3) is 5.91 Å². The van der Waals surface area contributed by atoms with Gasteiger partial charge in [0.05, 0.1) is 22.7 Å². The van der Waals surface area contributed by atoms with Crippen molar-refractivity contribution in [2.45, 2.75) is 33.0 Å². The summed E-state index contributed by atoms with van der Waals surface area (Å²) < 4.78 is 5.89. The molecule has 1 aliphatic rings. The molecular formula is C21H24Cl2N4O2. The molecule has 154 valence electrons. The number of aliphatic imine (C=N–C) groups is 1. The SMILES string of the molecule is CC(C)Oc1ccc(C(=O)NCc2ccc(Cl)c(Cl)c2)cc1CNC1=NCCN1. The summed E-state index contributed by atoms with van der Waals surface area (Å²) >= 11 is 12.0. The third kappa shape index (κ3) is 6.02. The molecule has 0 saturated carbocycles. The number of hydrogen-bond donors (Lipinski definition) is 3. The number of nitrogens with one attached hydrogen (secondary N) is 3. The van der Waals surface area contributed by atoms with Crippen LogP contribution in [0.4, 0.5) is 0 Å². The van der Waals surface area contributed by atoms with Crippen molar-refractivity contribution in [3.05, 3.63) is 63.1 Å². The highest BCUT2D eigenvalue weighted by Gasteiger charge is 2.13. The summed E-state index contributed by atoms with van der Waals surface area (Å²) in [4.78, 5) is 17.0. The molecule has 0 aliphatic carbocycles. The summed E-state index contributed by atoms with van der Waals surface area (Å²) in [6.07, 6.45) is 0.0324. The molecule has 0 fully saturated rings. The van der Waals surface area contributed by atoms with Crippen LogP contribution < -0.4 is 20.7 Å². The number of hydrogen-bond acceptors (Lipinski definition) is 5. The number of rotatable bonds is 7. The van der Waals surface area contributed by atoms with Crippen molar-refractivity contribution in [3.63, 3.8) is 0 Å². The lowest BCUT2D eigenvalue weighted by atomic mass is 10.1. The normalized spacial score (nSPS) is 13.1. The monoisotopic (exact) mass is 434 g/mol. The third-order valence-corrected chi connectivity index (χ3v) is 4.98. The van der Waals surface area contributed by atoms with E-state index >= 15 is 0 Å². The van der Waals surface area contributed by atoms with Gasteiger partial charge in [-0.15, -0.1) is 0 Å². The Kier molecular flexibility index (Phi) is 7.23. The van der Waals surface area contributed by atoms with Gasteiger partial charge < -0.3 is 20.7 Å². The topological polar surface area (TPSA) is 74.8 Å². The Morgan fingerprint density at radius 2 is 2.00 bits per heavy atom. The van der Waals surface area contributed by atoms with E-state index in [1.807, 2.05) is 32.0 Å². The second-order valence-electron chi connectivity index (χ2n) is 6.93. The predicted molar refractivity (Wildman–Crippen MR) is 117 cm³/mol. The molecule has 0 atom stereocenters. The molecule has 0 unspecified atom stereocenters. The number of guanidine groups is 1. The Morgan fingerprint density at radius 3 is 2.69 bits per heavy atom. The average molecular weight is 435 g/mol. The first-order valence-electron chi connectivity index (χ1n) is 9.46. The summed E-state index contributed by atoms with van der Waals surface area (Å²) in [5.41, 5.74) is 2.32. The number of carbonyl (C=O) groups is 1. The van der Waals surface area contributed by atoms with Crippen molar-refractivity contribution in [3.8, 4) is 5.75 Å². The van der Waals surface area contributed by atoms with E-state index in [2.05, 4.69) is 20.9 Å². The van der Waals surface area contributed by atoms with Crippen LogP contribution in [0.5, 0.6) is 5.75 Å². The van der Waals surface area contributed by atoms with E-state index in [0.29, 0.717) is 28.7 Å². The van der Waals surface area contributed by atoms with Crippen molar-refractivity contribution in [2.24, 2.45) is 4.99 Å². The maximum Gasteiger partial charge on any atom is 0.251 e. The zero-order valence-corrected chi connectivity index (χ0v) is 17.9. The molecule has 2 aromatic rings. The molecule has 1 aliphatic heterocycles. The lowest BCUT2D eigenvalue weighted by molar-refractivity contribution is 0.0950. The Labute approximate surface area is 180 Å². The zero-order chi connectivity index (χ0) is 20.8. The molecule has 0 radical (unpaired) electrons. The molecule has 1 amide bonds. The van der Waals surface area contributed by atoms with Crippen molar-refractivity contribution in [1.29, 1.82) is 0 Å². The Morgan fingerprint density at radius 1 is 1.17 bits per heavy atom. The fourth-order valence-corrected chi connectivity index (χ4v) is 3.18. The highest BCUT2D eigenvalue weighted by Crippen LogP contribution is 2.23. The van der Waals surface area contributed by atoms with E-state index in [0.717, 1.165) is 35.9 Å². The molecule has 2 aromatic carbocycles. The molecule has 0 saturated heterocycles. The van der Waals surface area contributed by atoms with E-state index in [-0.39, 0.29) is 12.0 Å². The van der Waals surface area contributed by atoms with Crippen LogP contribution in [-0.4, -0.2) is 31.1 Å². The minimum Gasteiger partial charge on any atom is -0.491 e. The van der Waals surface area contributed by atoms with E-state index in [1.165, 1.54) is 0 Å². The van der Waals surface area contributed by atoms with Crippen LogP contribution in [0.15, 0.2) is 41.4 Å². The zero-order valence-electron chi connectivity index (χ0n) is 16.4. The van der Waals surface area contributed by atoms with Gasteiger partial charge in [-0.2, -0.15) is 0 Å². The first-order valence-corrected chi connectivity index (χ1v) is 10.2. The largest absolute Gasteiger partial charge is 0.491 e. The molecular weight excluding hydrogens is 411 g/mol. The molecule has 3 N–H and O–H groups in total. The lowest BCUT2D eigenvalue weighted by Gasteiger charge is -2.16. The van der Waals surface area contributed by atoms with Gasteiger partial charge in [0, 0.05) is 30.8 Å². The van der Waals surface area contributed by atoms with Gasteiger partial charge in [0.2, 0.25) is 0 Å². The maximum atomic E-state index is 12.6. The van der Waals surface area contributed by atoms with Crippen molar-refractivity contribution in [2.75, 3.05) is 13.1 Å². The van der Waals surface area contributed by atoms with Crippen LogP contribution in [0, 0.1) is 0 Å². The number of ether oxygens (including phenoxy) is 1. The first kappa shape index (κ1) is 21.3. The van der Waals surface area contributed by atoms with Crippen LogP contribution in [0.2, 0.25) is 10.0 Å². The molecule has 6 nitrogen and oxygen atoms in total. The number of halogens is 2. The van der Waals surface area contributed by atoms with Gasteiger partial charge in [0.1, 0.15) is 5.75 Å². The Bertz CT molecular complexity index is 916. The standard InChI is InChI=1S/C21H24Cl2N4O2/c1-13(2)29-19-6-4-15(10-16(19)12-27-21-24-7-8-25-21)20(28)26-11-14-3-5-17(22)18(23)9-14/h3-6,9-10,13H,7-8,11-12H2,1-2H3,(H,26,28)(H2,24,25,27). The van der Waals surface area contributed by atoms with E-state index < -0.39 is 0 Å². The lowest BCUT2D eigenvalue weighted by Crippen LogP contribution is -2.33. The van der Waals surface area contributed by atoms with Gasteiger partial charge >= 0.3 is 0 Å². The van der Waals surface area contributed by atoms with E-state index in [9.17, 15) is 4.79 Å². The number of amides is 1. The number of benzene rings is 2. The molecule has 1 heterocycles. The van der Waals surface area contributed by atoms with Gasteiger partial charge in [0.15, 0.2) is 5.96 Å². The van der Waals surface area contributed by atoms with Crippen LogP contribution in [0.1, 0.15) is 35.3 Å². The van der Waals surface area contributed by atoms with Crippen molar-refractivity contribution in [1.82, 2.24) is 16.0 Å². The molecule has 0 aromatic heterocycles. The summed E-state index contributed by atoms with van der Waals surface area (Å²) in [7, 11) is 0. The number of carbonyl (C=O) groups excluding carboxylic acids is 1. The molecule has 8 heteroatoms. The molecule has 0 bridgehead atoms. The third-order valence-electron chi connectivity index (χ3n) is 4.24. The summed E-state index contributed by atoms with van der Waals surface area (Å²) in [5.74, 6) is 1.33. The minimum absolute atomic E-state index is 0.0324. The second kappa shape index (κ2) is 9.85. The van der Waals surface area contributed by atoms with Gasteiger partial charge in [-0.1, -0.05) is 29.3 Å². The van der Waals surface area contributed by atoms with Crippen LogP contribution in [0.3, 0.4) is 0 Å². The second-order valence-corrected chi connectivity index (χ2v) is 7.75. The Hall–Kier alpha value is -2.44. The van der Waals surface area contributed by atoms with Crippen molar-refractivity contribution >= 4 is 35.1 Å². The highest BCUT2D eigenvalue weighted by molar-refractivity contribution is 6.42. The summed E-state index contributed by atoms with van der Waals surface area (Å²) in [6, 6.07) is 10.7. The van der Waals surface area contributed by atoms with Crippen molar-refractivity contribution < 1.29 is 9.53 Å². The van der Waals surface area contributed by atoms with Gasteiger partial charge in [-0.25, -0.2) is 0 Å². The quantitative estimate of drug-likeness (QED) is 0.619. The maximum absolute atomic E-state index is 12.6. The van der Waals surface area contributed by atoms with Gasteiger partial charge in [-0.3, -0.25) is 9.79 Å². The van der Waals surface area contributed by atoms with Crippen LogP contribution in [0.25, 0.3) is 0 Å².